The molecule has 0 aliphatic rings. The van der Waals surface area contributed by atoms with Gasteiger partial charge in [-0.05, 0) is 55.3 Å². The maximum Gasteiger partial charge on any atom is 0.255 e. The number of hydrogen-bond donors (Lipinski definition) is 2. The van der Waals surface area contributed by atoms with E-state index in [9.17, 15) is 14.3 Å². The highest BCUT2D eigenvalue weighted by Gasteiger charge is 2.09. The first-order chi connectivity index (χ1) is 9.47. The average molecular weight is 273 g/mol. The van der Waals surface area contributed by atoms with E-state index in [0.717, 1.165) is 5.56 Å². The fourth-order valence-corrected chi connectivity index (χ4v) is 1.87. The van der Waals surface area contributed by atoms with Gasteiger partial charge in [0.25, 0.3) is 5.91 Å². The van der Waals surface area contributed by atoms with Crippen LogP contribution in [0.5, 0.6) is 0 Å². The number of hydrogen-bond acceptors (Lipinski definition) is 2. The Labute approximate surface area is 117 Å². The molecule has 0 aromatic heterocycles. The monoisotopic (exact) mass is 273 g/mol. The minimum absolute atomic E-state index is 0.309. The van der Waals surface area contributed by atoms with Gasteiger partial charge in [-0.3, -0.25) is 4.79 Å². The van der Waals surface area contributed by atoms with Crippen molar-refractivity contribution in [3.8, 4) is 0 Å². The van der Waals surface area contributed by atoms with Gasteiger partial charge < -0.3 is 10.4 Å². The fraction of sp³-hybridized carbons (Fsp3) is 0.188. The minimum Gasteiger partial charge on any atom is -0.389 e. The number of benzene rings is 2. The lowest BCUT2D eigenvalue weighted by Crippen LogP contribution is -2.12. The van der Waals surface area contributed by atoms with Crippen molar-refractivity contribution >= 4 is 11.6 Å². The van der Waals surface area contributed by atoms with Crippen molar-refractivity contribution in [1.29, 1.82) is 0 Å². The Kier molecular flexibility index (Phi) is 4.15. The fourth-order valence-electron chi connectivity index (χ4n) is 1.87. The number of anilines is 1. The number of amides is 1. The van der Waals surface area contributed by atoms with E-state index in [2.05, 4.69) is 5.32 Å². The summed E-state index contributed by atoms with van der Waals surface area (Å²) in [6.45, 7) is 3.27. The van der Waals surface area contributed by atoms with Crippen LogP contribution >= 0.6 is 0 Å². The SMILES string of the molecule is Cc1cc(C(=O)Nc2cccc(C(C)O)c2)ccc1F. The Morgan fingerprint density at radius 3 is 2.65 bits per heavy atom. The van der Waals surface area contributed by atoms with Crippen molar-refractivity contribution < 1.29 is 14.3 Å². The van der Waals surface area contributed by atoms with Crippen molar-refractivity contribution in [1.82, 2.24) is 0 Å². The third-order valence-electron chi connectivity index (χ3n) is 3.05. The molecule has 1 amide bonds. The van der Waals surface area contributed by atoms with Gasteiger partial charge in [0.05, 0.1) is 6.10 Å². The van der Waals surface area contributed by atoms with E-state index in [4.69, 9.17) is 0 Å². The van der Waals surface area contributed by atoms with Gasteiger partial charge in [-0.25, -0.2) is 4.39 Å². The van der Waals surface area contributed by atoms with Crippen LogP contribution < -0.4 is 5.32 Å². The Morgan fingerprint density at radius 2 is 2.00 bits per heavy atom. The van der Waals surface area contributed by atoms with Crippen LogP contribution in [0.3, 0.4) is 0 Å². The van der Waals surface area contributed by atoms with E-state index in [-0.39, 0.29) is 11.7 Å². The van der Waals surface area contributed by atoms with Crippen molar-refractivity contribution in [3.05, 3.63) is 65.0 Å². The largest absolute Gasteiger partial charge is 0.389 e. The molecule has 1 unspecified atom stereocenters. The second-order valence-corrected chi connectivity index (χ2v) is 4.72. The predicted molar refractivity (Wildman–Crippen MR) is 76.2 cm³/mol. The van der Waals surface area contributed by atoms with Crippen LogP contribution in [0, 0.1) is 12.7 Å². The highest BCUT2D eigenvalue weighted by molar-refractivity contribution is 6.04. The van der Waals surface area contributed by atoms with Crippen molar-refractivity contribution in [3.63, 3.8) is 0 Å². The molecule has 2 aromatic carbocycles. The van der Waals surface area contributed by atoms with Crippen molar-refractivity contribution in [2.75, 3.05) is 5.32 Å². The second-order valence-electron chi connectivity index (χ2n) is 4.72. The van der Waals surface area contributed by atoms with Gasteiger partial charge in [-0.15, -0.1) is 0 Å². The molecule has 0 aliphatic heterocycles. The zero-order valence-electron chi connectivity index (χ0n) is 11.4. The lowest BCUT2D eigenvalue weighted by atomic mass is 10.1. The number of aryl methyl sites for hydroxylation is 1. The van der Waals surface area contributed by atoms with Crippen LogP contribution in [0.4, 0.5) is 10.1 Å². The molecule has 2 rings (SSSR count). The van der Waals surface area contributed by atoms with E-state index < -0.39 is 6.10 Å². The predicted octanol–water partition coefficient (Wildman–Crippen LogP) is 3.44. The van der Waals surface area contributed by atoms with Gasteiger partial charge >= 0.3 is 0 Å². The Balaban J connectivity index is 2.19. The van der Waals surface area contributed by atoms with E-state index >= 15 is 0 Å². The first-order valence-electron chi connectivity index (χ1n) is 6.33. The molecule has 1 atom stereocenters. The molecule has 4 heteroatoms. The Hall–Kier alpha value is -2.20. The smallest absolute Gasteiger partial charge is 0.255 e. The summed E-state index contributed by atoms with van der Waals surface area (Å²) in [5.41, 5.74) is 2.13. The topological polar surface area (TPSA) is 49.3 Å². The third-order valence-corrected chi connectivity index (χ3v) is 3.05. The summed E-state index contributed by atoms with van der Waals surface area (Å²) in [5.74, 6) is -0.645. The summed E-state index contributed by atoms with van der Waals surface area (Å²) < 4.78 is 13.2. The zero-order chi connectivity index (χ0) is 14.7. The number of aliphatic hydroxyl groups is 1. The molecular weight excluding hydrogens is 257 g/mol. The highest BCUT2D eigenvalue weighted by Crippen LogP contribution is 2.18. The first-order valence-corrected chi connectivity index (χ1v) is 6.33. The maximum absolute atomic E-state index is 13.2. The second kappa shape index (κ2) is 5.84. The number of aliphatic hydroxyl groups excluding tert-OH is 1. The number of carbonyl (C=O) groups excluding carboxylic acids is 1. The molecule has 0 spiro atoms. The van der Waals surface area contributed by atoms with Crippen LogP contribution in [0.1, 0.15) is 34.5 Å². The molecule has 3 nitrogen and oxygen atoms in total. The number of halogens is 1. The molecule has 104 valence electrons. The molecule has 0 fully saturated rings. The van der Waals surface area contributed by atoms with E-state index in [1.165, 1.54) is 18.2 Å². The Morgan fingerprint density at radius 1 is 1.25 bits per heavy atom. The summed E-state index contributed by atoms with van der Waals surface area (Å²) in [4.78, 5) is 12.1. The molecule has 2 N–H and O–H groups in total. The number of rotatable bonds is 3. The van der Waals surface area contributed by atoms with Crippen LogP contribution in [0.15, 0.2) is 42.5 Å². The van der Waals surface area contributed by atoms with E-state index in [0.29, 0.717) is 16.8 Å². The standard InChI is InChI=1S/C16H16FNO2/c1-10-8-13(6-7-15(10)17)16(20)18-14-5-3-4-12(9-14)11(2)19/h3-9,11,19H,1-2H3,(H,18,20). The third kappa shape index (κ3) is 3.22. The van der Waals surface area contributed by atoms with Gasteiger partial charge in [0.2, 0.25) is 0 Å². The van der Waals surface area contributed by atoms with Crippen LogP contribution in [-0.4, -0.2) is 11.0 Å². The molecular formula is C16H16FNO2. The van der Waals surface area contributed by atoms with Crippen LogP contribution in [0.2, 0.25) is 0 Å². The lowest BCUT2D eigenvalue weighted by molar-refractivity contribution is 0.102. The maximum atomic E-state index is 13.2. The molecule has 0 heterocycles. The molecule has 2 aromatic rings. The van der Waals surface area contributed by atoms with E-state index in [1.54, 1.807) is 38.1 Å². The number of carbonyl (C=O) groups is 1. The zero-order valence-corrected chi connectivity index (χ0v) is 11.4. The van der Waals surface area contributed by atoms with Crippen molar-refractivity contribution in [2.45, 2.75) is 20.0 Å². The molecule has 0 saturated heterocycles. The molecule has 20 heavy (non-hydrogen) atoms. The average Bonchev–Trinajstić information content (AvgIpc) is 2.42. The van der Waals surface area contributed by atoms with E-state index in [1.807, 2.05) is 0 Å². The molecule has 0 bridgehead atoms. The Bertz CT molecular complexity index is 638. The summed E-state index contributed by atoms with van der Waals surface area (Å²) in [6, 6.07) is 11.2. The molecule has 0 radical (unpaired) electrons. The highest BCUT2D eigenvalue weighted by atomic mass is 19.1. The summed E-state index contributed by atoms with van der Waals surface area (Å²) in [7, 11) is 0. The summed E-state index contributed by atoms with van der Waals surface area (Å²) in [6.07, 6.45) is -0.597. The van der Waals surface area contributed by atoms with Crippen LogP contribution in [-0.2, 0) is 0 Å². The summed E-state index contributed by atoms with van der Waals surface area (Å²) in [5, 5.41) is 12.2. The quantitative estimate of drug-likeness (QED) is 0.900. The van der Waals surface area contributed by atoms with Gasteiger partial charge in [-0.2, -0.15) is 0 Å². The summed E-state index contributed by atoms with van der Waals surface area (Å²) >= 11 is 0. The van der Waals surface area contributed by atoms with Gasteiger partial charge in [0, 0.05) is 11.3 Å². The lowest BCUT2D eigenvalue weighted by Gasteiger charge is -2.09. The molecule has 0 aliphatic carbocycles. The van der Waals surface area contributed by atoms with Crippen molar-refractivity contribution in [2.24, 2.45) is 0 Å². The number of nitrogens with one attached hydrogen (secondary N) is 1. The van der Waals surface area contributed by atoms with Crippen LogP contribution in [0.25, 0.3) is 0 Å². The van der Waals surface area contributed by atoms with Gasteiger partial charge in [-0.1, -0.05) is 12.1 Å². The van der Waals surface area contributed by atoms with Gasteiger partial charge in [0.1, 0.15) is 5.82 Å². The minimum atomic E-state index is -0.597. The normalized spacial score (nSPS) is 12.0. The first kappa shape index (κ1) is 14.2. The van der Waals surface area contributed by atoms with Gasteiger partial charge in [0.15, 0.2) is 0 Å². The molecule has 0 saturated carbocycles.